The summed E-state index contributed by atoms with van der Waals surface area (Å²) >= 11 is 0. The number of rotatable bonds is 4. The molecule has 0 saturated heterocycles. The first-order valence-corrected chi connectivity index (χ1v) is 5.57. The van der Waals surface area contributed by atoms with Gasteiger partial charge in [-0.15, -0.1) is 0 Å². The van der Waals surface area contributed by atoms with Gasteiger partial charge in [-0.1, -0.05) is 36.1 Å². The second-order valence-corrected chi connectivity index (χ2v) is 3.64. The van der Waals surface area contributed by atoms with E-state index in [0.29, 0.717) is 6.61 Å². The fraction of sp³-hybridized carbons (Fsp3) is 0.267. The molecule has 0 bridgehead atoms. The van der Waals surface area contributed by atoms with E-state index in [1.165, 1.54) is 5.56 Å². The van der Waals surface area contributed by atoms with Crippen LogP contribution in [0, 0.1) is 18.8 Å². The van der Waals surface area contributed by atoms with Gasteiger partial charge in [0.25, 0.3) is 0 Å². The van der Waals surface area contributed by atoms with E-state index in [9.17, 15) is 4.79 Å². The molecule has 1 aromatic carbocycles. The van der Waals surface area contributed by atoms with Crippen LogP contribution in [0.3, 0.4) is 0 Å². The molecule has 0 aliphatic carbocycles. The molecule has 0 heterocycles. The van der Waals surface area contributed by atoms with E-state index in [1.54, 1.807) is 0 Å². The Morgan fingerprint density at radius 2 is 2.12 bits per heavy atom. The average molecular weight is 228 g/mol. The normalized spacial score (nSPS) is 9.00. The first-order chi connectivity index (χ1) is 8.22. The molecule has 0 aliphatic heterocycles. The van der Waals surface area contributed by atoms with Gasteiger partial charge >= 0.3 is 5.97 Å². The van der Waals surface area contributed by atoms with Crippen LogP contribution in [0.15, 0.2) is 36.9 Å². The molecular formula is C15H16O2. The minimum atomic E-state index is -0.378. The van der Waals surface area contributed by atoms with Gasteiger partial charge in [-0.3, -0.25) is 0 Å². The third-order valence-corrected chi connectivity index (χ3v) is 2.14. The standard InChI is InChI=1S/C15H16O2/c1-3-15(16)17-12-6-4-5-7-14-10-8-13(2)9-11-14/h3,8-11H,1,4,6,12H2,2H3. The second kappa shape index (κ2) is 7.29. The molecule has 0 spiro atoms. The lowest BCUT2D eigenvalue weighted by Crippen LogP contribution is -2.01. The number of carbonyl (C=O) groups is 1. The number of esters is 1. The maximum atomic E-state index is 10.7. The van der Waals surface area contributed by atoms with Gasteiger partial charge in [0.1, 0.15) is 0 Å². The Morgan fingerprint density at radius 3 is 2.76 bits per heavy atom. The van der Waals surface area contributed by atoms with Gasteiger partial charge in [-0.25, -0.2) is 4.79 Å². The molecule has 0 radical (unpaired) electrons. The molecule has 2 nitrogen and oxygen atoms in total. The van der Waals surface area contributed by atoms with Crippen LogP contribution in [0.1, 0.15) is 24.0 Å². The SMILES string of the molecule is C=CC(=O)OCCCC#Cc1ccc(C)cc1. The maximum Gasteiger partial charge on any atom is 0.330 e. The highest BCUT2D eigenvalue weighted by Crippen LogP contribution is 2.01. The summed E-state index contributed by atoms with van der Waals surface area (Å²) in [6.07, 6.45) is 2.63. The Kier molecular flexibility index (Phi) is 5.60. The summed E-state index contributed by atoms with van der Waals surface area (Å²) < 4.78 is 4.83. The molecule has 1 rings (SSSR count). The van der Waals surface area contributed by atoms with Gasteiger partial charge in [0.2, 0.25) is 0 Å². The van der Waals surface area contributed by atoms with Crippen molar-refractivity contribution in [1.29, 1.82) is 0 Å². The lowest BCUT2D eigenvalue weighted by atomic mass is 10.1. The molecular weight excluding hydrogens is 212 g/mol. The Balaban J connectivity index is 2.25. The number of ether oxygens (including phenoxy) is 1. The smallest absolute Gasteiger partial charge is 0.330 e. The van der Waals surface area contributed by atoms with E-state index in [0.717, 1.165) is 24.5 Å². The Morgan fingerprint density at radius 1 is 1.41 bits per heavy atom. The van der Waals surface area contributed by atoms with Crippen molar-refractivity contribution in [3.63, 3.8) is 0 Å². The number of benzene rings is 1. The van der Waals surface area contributed by atoms with Crippen LogP contribution in [-0.2, 0) is 9.53 Å². The fourth-order valence-electron chi connectivity index (χ4n) is 1.19. The van der Waals surface area contributed by atoms with Gasteiger partial charge in [-0.05, 0) is 25.5 Å². The van der Waals surface area contributed by atoms with Crippen molar-refractivity contribution >= 4 is 5.97 Å². The van der Waals surface area contributed by atoms with Crippen LogP contribution in [0.4, 0.5) is 0 Å². The topological polar surface area (TPSA) is 26.3 Å². The van der Waals surface area contributed by atoms with E-state index < -0.39 is 0 Å². The predicted molar refractivity (Wildman–Crippen MR) is 68.4 cm³/mol. The van der Waals surface area contributed by atoms with Crippen molar-refractivity contribution in [2.24, 2.45) is 0 Å². The molecule has 0 saturated carbocycles. The molecule has 2 heteroatoms. The summed E-state index contributed by atoms with van der Waals surface area (Å²) in [5.74, 6) is 5.73. The van der Waals surface area contributed by atoms with Crippen LogP contribution in [0.25, 0.3) is 0 Å². The van der Waals surface area contributed by atoms with Crippen LogP contribution < -0.4 is 0 Å². The molecule has 0 fully saturated rings. The molecule has 0 N–H and O–H groups in total. The molecule has 17 heavy (non-hydrogen) atoms. The quantitative estimate of drug-likeness (QED) is 0.343. The van der Waals surface area contributed by atoms with Gasteiger partial charge < -0.3 is 4.74 Å². The first kappa shape index (κ1) is 13.1. The Hall–Kier alpha value is -2.01. The van der Waals surface area contributed by atoms with Crippen molar-refractivity contribution in [3.8, 4) is 11.8 Å². The highest BCUT2D eigenvalue weighted by Gasteiger charge is 1.93. The zero-order valence-electron chi connectivity index (χ0n) is 10.0. The van der Waals surface area contributed by atoms with E-state index in [-0.39, 0.29) is 5.97 Å². The third-order valence-electron chi connectivity index (χ3n) is 2.14. The van der Waals surface area contributed by atoms with Crippen molar-refractivity contribution in [1.82, 2.24) is 0 Å². The highest BCUT2D eigenvalue weighted by molar-refractivity contribution is 5.81. The largest absolute Gasteiger partial charge is 0.463 e. The number of unbranched alkanes of at least 4 members (excludes halogenated alkanes) is 1. The summed E-state index contributed by atoms with van der Waals surface area (Å²) in [6, 6.07) is 8.08. The summed E-state index contributed by atoms with van der Waals surface area (Å²) in [7, 11) is 0. The van der Waals surface area contributed by atoms with Crippen LogP contribution in [-0.4, -0.2) is 12.6 Å². The molecule has 0 aromatic heterocycles. The zero-order valence-corrected chi connectivity index (χ0v) is 10.0. The summed E-state index contributed by atoms with van der Waals surface area (Å²) in [4.78, 5) is 10.7. The molecule has 0 atom stereocenters. The molecule has 1 aromatic rings. The van der Waals surface area contributed by atoms with E-state index in [4.69, 9.17) is 4.74 Å². The summed E-state index contributed by atoms with van der Waals surface area (Å²) in [5, 5.41) is 0. The predicted octanol–water partition coefficient (Wildman–Crippen LogP) is 2.86. The minimum absolute atomic E-state index is 0.378. The summed E-state index contributed by atoms with van der Waals surface area (Å²) in [5.41, 5.74) is 2.24. The Labute approximate surface area is 102 Å². The van der Waals surface area contributed by atoms with E-state index >= 15 is 0 Å². The molecule has 0 unspecified atom stereocenters. The number of hydrogen-bond donors (Lipinski definition) is 0. The lowest BCUT2D eigenvalue weighted by molar-refractivity contribution is -0.137. The molecule has 0 aliphatic rings. The minimum Gasteiger partial charge on any atom is -0.463 e. The number of carbonyl (C=O) groups excluding carboxylic acids is 1. The molecule has 88 valence electrons. The van der Waals surface area contributed by atoms with Gasteiger partial charge in [-0.2, -0.15) is 0 Å². The maximum absolute atomic E-state index is 10.7. The van der Waals surface area contributed by atoms with Gasteiger partial charge in [0, 0.05) is 18.1 Å². The second-order valence-electron chi connectivity index (χ2n) is 3.64. The zero-order chi connectivity index (χ0) is 12.5. The lowest BCUT2D eigenvalue weighted by Gasteiger charge is -1.97. The summed E-state index contributed by atoms with van der Waals surface area (Å²) in [6.45, 7) is 5.76. The van der Waals surface area contributed by atoms with Crippen molar-refractivity contribution in [3.05, 3.63) is 48.0 Å². The third kappa shape index (κ3) is 5.58. The van der Waals surface area contributed by atoms with Gasteiger partial charge in [0.15, 0.2) is 0 Å². The monoisotopic (exact) mass is 228 g/mol. The fourth-order valence-corrected chi connectivity index (χ4v) is 1.19. The van der Waals surface area contributed by atoms with Crippen molar-refractivity contribution < 1.29 is 9.53 Å². The van der Waals surface area contributed by atoms with Crippen LogP contribution >= 0.6 is 0 Å². The highest BCUT2D eigenvalue weighted by atomic mass is 16.5. The number of aryl methyl sites for hydroxylation is 1. The van der Waals surface area contributed by atoms with Crippen molar-refractivity contribution in [2.45, 2.75) is 19.8 Å². The van der Waals surface area contributed by atoms with E-state index in [1.807, 2.05) is 31.2 Å². The van der Waals surface area contributed by atoms with E-state index in [2.05, 4.69) is 18.4 Å². The van der Waals surface area contributed by atoms with Gasteiger partial charge in [0.05, 0.1) is 6.61 Å². The Bertz CT molecular complexity index is 432. The van der Waals surface area contributed by atoms with Crippen LogP contribution in [0.2, 0.25) is 0 Å². The van der Waals surface area contributed by atoms with Crippen LogP contribution in [0.5, 0.6) is 0 Å². The average Bonchev–Trinajstić information content (AvgIpc) is 2.35. The first-order valence-electron chi connectivity index (χ1n) is 5.57. The number of hydrogen-bond acceptors (Lipinski definition) is 2. The van der Waals surface area contributed by atoms with Crippen molar-refractivity contribution in [2.75, 3.05) is 6.61 Å². The molecule has 0 amide bonds.